The predicted octanol–water partition coefficient (Wildman–Crippen LogP) is 3.70. The van der Waals surface area contributed by atoms with Crippen LogP contribution in [0.25, 0.3) is 0 Å². The van der Waals surface area contributed by atoms with Gasteiger partial charge in [0.15, 0.2) is 0 Å². The van der Waals surface area contributed by atoms with E-state index in [1.165, 1.54) is 16.8 Å². The molecule has 1 heterocycles. The zero-order valence-electron chi connectivity index (χ0n) is 12.6. The summed E-state index contributed by atoms with van der Waals surface area (Å²) in [6, 6.07) is 8.41. The summed E-state index contributed by atoms with van der Waals surface area (Å²) < 4.78 is 2.07. The molecule has 108 valence electrons. The van der Waals surface area contributed by atoms with Crippen LogP contribution in [0.4, 0.5) is 0 Å². The zero-order valence-corrected chi connectivity index (χ0v) is 13.3. The number of rotatable bonds is 5. The summed E-state index contributed by atoms with van der Waals surface area (Å²) >= 11 is 5.92. The minimum absolute atomic E-state index is 0.480. The Bertz CT molecular complexity index is 570. The van der Waals surface area contributed by atoms with Gasteiger partial charge in [0.2, 0.25) is 0 Å². The summed E-state index contributed by atoms with van der Waals surface area (Å²) in [5.74, 6) is 0. The molecular weight excluding hydrogens is 270 g/mol. The van der Waals surface area contributed by atoms with Crippen molar-refractivity contribution in [2.45, 2.75) is 46.8 Å². The third-order valence-corrected chi connectivity index (χ3v) is 3.72. The molecule has 0 saturated heterocycles. The minimum atomic E-state index is 0.480. The van der Waals surface area contributed by atoms with E-state index >= 15 is 0 Å². The van der Waals surface area contributed by atoms with Crippen LogP contribution in [-0.2, 0) is 13.1 Å². The van der Waals surface area contributed by atoms with Crippen LogP contribution in [-0.4, -0.2) is 15.8 Å². The first-order valence-electron chi connectivity index (χ1n) is 6.98. The van der Waals surface area contributed by atoms with E-state index in [2.05, 4.69) is 42.8 Å². The van der Waals surface area contributed by atoms with E-state index in [-0.39, 0.29) is 0 Å². The SMILES string of the molecule is Cc1nn(Cc2ccc(Cl)cc2)c(C)c1CNC(C)C. The van der Waals surface area contributed by atoms with E-state index < -0.39 is 0 Å². The largest absolute Gasteiger partial charge is 0.310 e. The number of nitrogens with zero attached hydrogens (tertiary/aromatic N) is 2. The highest BCUT2D eigenvalue weighted by atomic mass is 35.5. The van der Waals surface area contributed by atoms with Gasteiger partial charge >= 0.3 is 0 Å². The molecule has 0 radical (unpaired) electrons. The van der Waals surface area contributed by atoms with Crippen LogP contribution in [0.5, 0.6) is 0 Å². The summed E-state index contributed by atoms with van der Waals surface area (Å²) in [6.07, 6.45) is 0. The maximum absolute atomic E-state index is 5.92. The lowest BCUT2D eigenvalue weighted by atomic mass is 10.2. The van der Waals surface area contributed by atoms with Gasteiger partial charge in [-0.05, 0) is 31.5 Å². The molecule has 1 N–H and O–H groups in total. The van der Waals surface area contributed by atoms with Crippen molar-refractivity contribution in [3.63, 3.8) is 0 Å². The first-order valence-corrected chi connectivity index (χ1v) is 7.36. The Balaban J connectivity index is 2.16. The number of nitrogens with one attached hydrogen (secondary N) is 1. The third kappa shape index (κ3) is 3.62. The number of aryl methyl sites for hydroxylation is 1. The monoisotopic (exact) mass is 291 g/mol. The van der Waals surface area contributed by atoms with E-state index in [4.69, 9.17) is 11.6 Å². The lowest BCUT2D eigenvalue weighted by Crippen LogP contribution is -2.22. The molecule has 1 aromatic heterocycles. The Kier molecular flexibility index (Phi) is 4.84. The van der Waals surface area contributed by atoms with E-state index in [0.29, 0.717) is 6.04 Å². The fourth-order valence-electron chi connectivity index (χ4n) is 2.21. The van der Waals surface area contributed by atoms with Gasteiger partial charge in [0.1, 0.15) is 0 Å². The predicted molar refractivity (Wildman–Crippen MR) is 84.2 cm³/mol. The van der Waals surface area contributed by atoms with E-state index in [1.807, 2.05) is 24.3 Å². The minimum Gasteiger partial charge on any atom is -0.310 e. The third-order valence-electron chi connectivity index (χ3n) is 3.46. The van der Waals surface area contributed by atoms with Crippen molar-refractivity contribution in [3.05, 3.63) is 51.8 Å². The Labute approximate surface area is 126 Å². The average molecular weight is 292 g/mol. The van der Waals surface area contributed by atoms with Crippen LogP contribution in [0.15, 0.2) is 24.3 Å². The first kappa shape index (κ1) is 15.1. The van der Waals surface area contributed by atoms with Crippen molar-refractivity contribution in [3.8, 4) is 0 Å². The summed E-state index contributed by atoms with van der Waals surface area (Å²) in [4.78, 5) is 0. The van der Waals surface area contributed by atoms with E-state index in [9.17, 15) is 0 Å². The maximum atomic E-state index is 5.92. The number of hydrogen-bond donors (Lipinski definition) is 1. The molecule has 0 aliphatic carbocycles. The molecule has 0 fully saturated rings. The second-order valence-corrected chi connectivity index (χ2v) is 5.91. The van der Waals surface area contributed by atoms with Crippen molar-refractivity contribution >= 4 is 11.6 Å². The molecule has 0 spiro atoms. The van der Waals surface area contributed by atoms with Gasteiger partial charge in [-0.3, -0.25) is 4.68 Å². The fraction of sp³-hybridized carbons (Fsp3) is 0.438. The Morgan fingerprint density at radius 3 is 2.45 bits per heavy atom. The van der Waals surface area contributed by atoms with Crippen LogP contribution in [0, 0.1) is 13.8 Å². The molecular formula is C16H22ClN3. The quantitative estimate of drug-likeness (QED) is 0.910. The highest BCUT2D eigenvalue weighted by Crippen LogP contribution is 2.16. The highest BCUT2D eigenvalue weighted by Gasteiger charge is 2.11. The molecule has 2 aromatic rings. The van der Waals surface area contributed by atoms with Crippen molar-refractivity contribution in [2.75, 3.05) is 0 Å². The molecule has 20 heavy (non-hydrogen) atoms. The molecule has 4 heteroatoms. The molecule has 0 bridgehead atoms. The molecule has 0 saturated carbocycles. The Hall–Kier alpha value is -1.32. The van der Waals surface area contributed by atoms with Crippen molar-refractivity contribution in [1.82, 2.24) is 15.1 Å². The van der Waals surface area contributed by atoms with E-state index in [1.54, 1.807) is 0 Å². The van der Waals surface area contributed by atoms with Crippen LogP contribution >= 0.6 is 11.6 Å². The van der Waals surface area contributed by atoms with Gasteiger partial charge in [-0.15, -0.1) is 0 Å². The molecule has 0 unspecified atom stereocenters. The molecule has 0 atom stereocenters. The molecule has 0 amide bonds. The lowest BCUT2D eigenvalue weighted by molar-refractivity contribution is 0.584. The van der Waals surface area contributed by atoms with Gasteiger partial charge in [0, 0.05) is 28.9 Å². The molecule has 0 aliphatic rings. The standard InChI is InChI=1S/C16H22ClN3/c1-11(2)18-9-16-12(3)19-20(13(16)4)10-14-5-7-15(17)8-6-14/h5-8,11,18H,9-10H2,1-4H3. The van der Waals surface area contributed by atoms with Crippen molar-refractivity contribution in [2.24, 2.45) is 0 Å². The molecule has 1 aromatic carbocycles. The smallest absolute Gasteiger partial charge is 0.0662 e. The van der Waals surface area contributed by atoms with Gasteiger partial charge in [-0.2, -0.15) is 5.10 Å². The molecule has 3 nitrogen and oxygen atoms in total. The Morgan fingerprint density at radius 1 is 1.20 bits per heavy atom. The van der Waals surface area contributed by atoms with Crippen LogP contribution in [0.1, 0.15) is 36.4 Å². The van der Waals surface area contributed by atoms with Crippen LogP contribution < -0.4 is 5.32 Å². The highest BCUT2D eigenvalue weighted by molar-refractivity contribution is 6.30. The number of halogens is 1. The number of hydrogen-bond acceptors (Lipinski definition) is 2. The normalized spacial score (nSPS) is 11.3. The van der Waals surface area contributed by atoms with Crippen LogP contribution in [0.3, 0.4) is 0 Å². The number of aromatic nitrogens is 2. The van der Waals surface area contributed by atoms with Crippen LogP contribution in [0.2, 0.25) is 5.02 Å². The van der Waals surface area contributed by atoms with Crippen molar-refractivity contribution < 1.29 is 0 Å². The van der Waals surface area contributed by atoms with Gasteiger partial charge in [-0.25, -0.2) is 0 Å². The molecule has 2 rings (SSSR count). The van der Waals surface area contributed by atoms with E-state index in [0.717, 1.165) is 23.8 Å². The summed E-state index contributed by atoms with van der Waals surface area (Å²) in [5.41, 5.74) is 4.84. The average Bonchev–Trinajstić information content (AvgIpc) is 2.65. The van der Waals surface area contributed by atoms with Gasteiger partial charge in [-0.1, -0.05) is 37.6 Å². The zero-order chi connectivity index (χ0) is 14.7. The summed E-state index contributed by atoms with van der Waals surface area (Å²) in [7, 11) is 0. The Morgan fingerprint density at radius 2 is 1.85 bits per heavy atom. The second-order valence-electron chi connectivity index (χ2n) is 5.47. The lowest BCUT2D eigenvalue weighted by Gasteiger charge is -2.09. The topological polar surface area (TPSA) is 29.9 Å². The van der Waals surface area contributed by atoms with Gasteiger partial charge < -0.3 is 5.32 Å². The first-order chi connectivity index (χ1) is 9.47. The fourth-order valence-corrected chi connectivity index (χ4v) is 2.34. The summed E-state index contributed by atoms with van der Waals surface area (Å²) in [5, 5.41) is 8.87. The number of benzene rings is 1. The van der Waals surface area contributed by atoms with Crippen molar-refractivity contribution in [1.29, 1.82) is 0 Å². The second kappa shape index (κ2) is 6.42. The van der Waals surface area contributed by atoms with Gasteiger partial charge in [0.05, 0.1) is 12.2 Å². The summed E-state index contributed by atoms with van der Waals surface area (Å²) in [6.45, 7) is 10.2. The molecule has 0 aliphatic heterocycles. The van der Waals surface area contributed by atoms with Gasteiger partial charge in [0.25, 0.3) is 0 Å². The maximum Gasteiger partial charge on any atom is 0.0662 e.